The normalized spacial score (nSPS) is 29.5. The minimum Gasteiger partial charge on any atom is -0.444 e. The van der Waals surface area contributed by atoms with Crippen molar-refractivity contribution in [3.63, 3.8) is 0 Å². The predicted molar refractivity (Wildman–Crippen MR) is 148 cm³/mol. The summed E-state index contributed by atoms with van der Waals surface area (Å²) in [5, 5.41) is 9.57. The van der Waals surface area contributed by atoms with E-state index in [4.69, 9.17) is 9.16 Å². The van der Waals surface area contributed by atoms with Crippen molar-refractivity contribution in [3.05, 3.63) is 24.3 Å². The molecular weight excluding hydrogens is 454 g/mol. The highest BCUT2D eigenvalue weighted by Gasteiger charge is 2.50. The van der Waals surface area contributed by atoms with Gasteiger partial charge in [-0.15, -0.1) is 0 Å². The zero-order valence-corrected chi connectivity index (χ0v) is 25.1. The predicted octanol–water partition coefficient (Wildman–Crippen LogP) is 7.46. The van der Waals surface area contributed by atoms with E-state index in [-0.39, 0.29) is 35.4 Å². The molecule has 1 amide bonds. The van der Waals surface area contributed by atoms with Crippen LogP contribution in [0.4, 0.5) is 4.79 Å². The first-order chi connectivity index (χ1) is 16.0. The summed E-state index contributed by atoms with van der Waals surface area (Å²) in [5.41, 5.74) is -0.523. The lowest BCUT2D eigenvalue weighted by atomic mass is 9.69. The highest BCUT2D eigenvalue weighted by atomic mass is 28.4. The molecule has 1 unspecified atom stereocenters. The van der Waals surface area contributed by atoms with Crippen LogP contribution in [0.1, 0.15) is 93.9 Å². The van der Waals surface area contributed by atoms with Gasteiger partial charge in [-0.25, -0.2) is 4.79 Å². The molecule has 0 bridgehead atoms. The van der Waals surface area contributed by atoms with Crippen LogP contribution in [0.2, 0.25) is 18.1 Å². The third-order valence-corrected chi connectivity index (χ3v) is 12.6. The lowest BCUT2D eigenvalue weighted by Gasteiger charge is -2.54. The third kappa shape index (κ3) is 8.46. The lowest BCUT2D eigenvalue weighted by molar-refractivity contribution is -0.0718. The maximum atomic E-state index is 13.5. The number of allylic oxidation sites excluding steroid dienone is 4. The van der Waals surface area contributed by atoms with Gasteiger partial charge in [-0.1, -0.05) is 51.5 Å². The molecule has 1 saturated carbocycles. The summed E-state index contributed by atoms with van der Waals surface area (Å²) in [7, 11) is -2.00. The molecule has 2 rings (SSSR count). The second-order valence-corrected chi connectivity index (χ2v) is 18.1. The molecule has 35 heavy (non-hydrogen) atoms. The molecule has 0 aromatic rings. The van der Waals surface area contributed by atoms with Crippen molar-refractivity contribution >= 4 is 14.4 Å². The second-order valence-electron chi connectivity index (χ2n) is 13.3. The number of nitrogens with zero attached hydrogens (tertiary/aromatic N) is 1. The molecular formula is C29H53NO4Si. The fourth-order valence-electron chi connectivity index (χ4n) is 5.18. The van der Waals surface area contributed by atoms with Gasteiger partial charge in [0, 0.05) is 6.04 Å². The smallest absolute Gasteiger partial charge is 0.410 e. The van der Waals surface area contributed by atoms with Crippen LogP contribution in [-0.4, -0.2) is 54.3 Å². The highest BCUT2D eigenvalue weighted by Crippen LogP contribution is 2.46. The van der Waals surface area contributed by atoms with Crippen LogP contribution >= 0.6 is 0 Å². The van der Waals surface area contributed by atoms with E-state index in [9.17, 15) is 9.90 Å². The number of likely N-dealkylation sites (tertiary alicyclic amines) is 1. The number of ether oxygens (including phenoxy) is 1. The summed E-state index contributed by atoms with van der Waals surface area (Å²) < 4.78 is 12.9. The van der Waals surface area contributed by atoms with Gasteiger partial charge in [-0.2, -0.15) is 0 Å². The Morgan fingerprint density at radius 2 is 1.80 bits per heavy atom. The van der Waals surface area contributed by atoms with Gasteiger partial charge in [0.05, 0.1) is 18.2 Å². The van der Waals surface area contributed by atoms with Gasteiger partial charge >= 0.3 is 6.09 Å². The zero-order valence-electron chi connectivity index (χ0n) is 24.1. The number of piperidine rings is 1. The third-order valence-electron chi connectivity index (χ3n) is 8.13. The van der Waals surface area contributed by atoms with E-state index in [1.54, 1.807) is 0 Å². The standard InChI is InChI=1S/C29H53NO4Si/c1-21(31)16-13-11-12-14-17-23-18-15-19-25-24(23)20-26(34-35(9,10)29(6,7)8)22(2)30(25)27(32)33-28(3,4)5/h11-12,14,17,21-26,31H,13,15-16,18-20H2,1-10H3/b12-11+,17-14+/t21?,22-,23+,24-,25+,26-/m0/s1. The SMILES string of the molecule is CC(O)CC/C=C/C=C/[C@@H]1CCC[C@@H]2[C@H]1C[C@H](O[Si](C)(C)C(C)(C)C)[C@H](C)N2C(=O)OC(C)(C)C. The van der Waals surface area contributed by atoms with Crippen LogP contribution in [0.25, 0.3) is 0 Å². The van der Waals surface area contributed by atoms with Crippen molar-refractivity contribution in [2.24, 2.45) is 11.8 Å². The number of amides is 1. The number of carbonyl (C=O) groups excluding carboxylic acids is 1. The summed E-state index contributed by atoms with van der Waals surface area (Å²) in [4.78, 5) is 15.5. The van der Waals surface area contributed by atoms with Gasteiger partial charge in [0.15, 0.2) is 8.32 Å². The summed E-state index contributed by atoms with van der Waals surface area (Å²) in [6.07, 6.45) is 14.2. The average Bonchev–Trinajstić information content (AvgIpc) is 2.68. The summed E-state index contributed by atoms with van der Waals surface area (Å²) in [6.45, 7) is 21.2. The molecule has 2 aliphatic rings. The van der Waals surface area contributed by atoms with E-state index < -0.39 is 13.9 Å². The van der Waals surface area contributed by atoms with E-state index in [2.05, 4.69) is 65.1 Å². The van der Waals surface area contributed by atoms with Crippen molar-refractivity contribution in [3.8, 4) is 0 Å². The molecule has 2 fully saturated rings. The molecule has 6 heteroatoms. The monoisotopic (exact) mass is 507 g/mol. The molecule has 0 radical (unpaired) electrons. The quantitative estimate of drug-likeness (QED) is 0.287. The van der Waals surface area contributed by atoms with E-state index in [1.165, 1.54) is 0 Å². The number of aliphatic hydroxyl groups excluding tert-OH is 1. The van der Waals surface area contributed by atoms with Crippen molar-refractivity contribution in [1.82, 2.24) is 4.90 Å². The van der Waals surface area contributed by atoms with Crippen LogP contribution in [-0.2, 0) is 9.16 Å². The van der Waals surface area contributed by atoms with Crippen molar-refractivity contribution < 1.29 is 19.1 Å². The molecule has 1 heterocycles. The van der Waals surface area contributed by atoms with E-state index in [0.29, 0.717) is 11.8 Å². The Bertz CT molecular complexity index is 747. The molecule has 0 aromatic heterocycles. The Labute approximate surface area is 216 Å². The Hall–Kier alpha value is -1.11. The fourth-order valence-corrected chi connectivity index (χ4v) is 6.58. The van der Waals surface area contributed by atoms with E-state index in [0.717, 1.165) is 38.5 Å². The minimum atomic E-state index is -2.00. The van der Waals surface area contributed by atoms with Gasteiger partial charge in [0.1, 0.15) is 5.60 Å². The summed E-state index contributed by atoms with van der Waals surface area (Å²) in [5.74, 6) is 0.780. The Morgan fingerprint density at radius 3 is 2.37 bits per heavy atom. The second kappa shape index (κ2) is 12.0. The molecule has 202 valence electrons. The Kier molecular flexibility index (Phi) is 10.3. The molecule has 1 N–H and O–H groups in total. The van der Waals surface area contributed by atoms with Gasteiger partial charge in [-0.05, 0) is 96.7 Å². The molecule has 6 atom stereocenters. The Balaban J connectivity index is 2.30. The van der Waals surface area contributed by atoms with Crippen LogP contribution in [0.3, 0.4) is 0 Å². The highest BCUT2D eigenvalue weighted by molar-refractivity contribution is 6.74. The number of carbonyl (C=O) groups is 1. The van der Waals surface area contributed by atoms with E-state index >= 15 is 0 Å². The Morgan fingerprint density at radius 1 is 1.14 bits per heavy atom. The number of aliphatic hydroxyl groups is 1. The average molecular weight is 508 g/mol. The lowest BCUT2D eigenvalue weighted by Crippen LogP contribution is -2.63. The van der Waals surface area contributed by atoms with Crippen molar-refractivity contribution in [1.29, 1.82) is 0 Å². The molecule has 1 aliphatic heterocycles. The van der Waals surface area contributed by atoms with E-state index in [1.807, 2.05) is 32.6 Å². The largest absolute Gasteiger partial charge is 0.444 e. The maximum absolute atomic E-state index is 13.5. The van der Waals surface area contributed by atoms with Crippen LogP contribution in [0.5, 0.6) is 0 Å². The first-order valence-electron chi connectivity index (χ1n) is 13.7. The van der Waals surface area contributed by atoms with Crippen LogP contribution < -0.4 is 0 Å². The molecule has 1 aliphatic carbocycles. The van der Waals surface area contributed by atoms with Crippen LogP contribution in [0, 0.1) is 11.8 Å². The topological polar surface area (TPSA) is 59.0 Å². The van der Waals surface area contributed by atoms with Crippen molar-refractivity contribution in [2.75, 3.05) is 0 Å². The number of fused-ring (bicyclic) bond motifs is 1. The van der Waals surface area contributed by atoms with Crippen molar-refractivity contribution in [2.45, 2.75) is 142 Å². The molecule has 0 aromatic carbocycles. The molecule has 1 saturated heterocycles. The maximum Gasteiger partial charge on any atom is 0.410 e. The van der Waals surface area contributed by atoms with Gasteiger partial charge in [-0.3, -0.25) is 4.90 Å². The van der Waals surface area contributed by atoms with Crippen LogP contribution in [0.15, 0.2) is 24.3 Å². The minimum absolute atomic E-state index is 0.0108. The van der Waals surface area contributed by atoms with Gasteiger partial charge < -0.3 is 14.3 Å². The molecule has 0 spiro atoms. The number of rotatable bonds is 7. The van der Waals surface area contributed by atoms with Gasteiger partial charge in [0.2, 0.25) is 0 Å². The number of hydrogen-bond donors (Lipinski definition) is 1. The van der Waals surface area contributed by atoms with Gasteiger partial charge in [0.25, 0.3) is 0 Å². The first-order valence-corrected chi connectivity index (χ1v) is 16.6. The first kappa shape index (κ1) is 30.1. The number of hydrogen-bond acceptors (Lipinski definition) is 4. The summed E-state index contributed by atoms with van der Waals surface area (Å²) in [6, 6.07) is 0.171. The summed E-state index contributed by atoms with van der Waals surface area (Å²) >= 11 is 0. The zero-order chi connectivity index (χ0) is 26.6. The fraction of sp³-hybridized carbons (Fsp3) is 0.828. The molecule has 5 nitrogen and oxygen atoms in total.